The molecule has 5 heteroatoms. The van der Waals surface area contributed by atoms with E-state index in [0.717, 1.165) is 11.3 Å². The molecule has 118 valence electrons. The molecular formula is C16H26ClN3O. The van der Waals surface area contributed by atoms with Crippen LogP contribution in [0.3, 0.4) is 0 Å². The molecule has 0 spiro atoms. The van der Waals surface area contributed by atoms with Crippen LogP contribution in [-0.4, -0.2) is 31.6 Å². The maximum atomic E-state index is 11.7. The highest BCUT2D eigenvalue weighted by Crippen LogP contribution is 2.24. The number of amides is 1. The van der Waals surface area contributed by atoms with Gasteiger partial charge in [-0.1, -0.05) is 11.6 Å². The molecule has 0 radical (unpaired) electrons. The largest absolute Gasteiger partial charge is 0.365 e. The van der Waals surface area contributed by atoms with Crippen molar-refractivity contribution in [1.29, 1.82) is 0 Å². The SMILES string of the molecule is CCNC(=O)CN(C)c1ccc(Cl)cc1CNC(C)(C)C. The molecular weight excluding hydrogens is 286 g/mol. The van der Waals surface area contributed by atoms with Gasteiger partial charge in [0.1, 0.15) is 0 Å². The first kappa shape index (κ1) is 17.8. The standard InChI is InChI=1S/C16H26ClN3O/c1-6-18-15(21)11-20(5)14-8-7-13(17)9-12(14)10-19-16(2,3)4/h7-9,19H,6,10-11H2,1-5H3,(H,18,21). The van der Waals surface area contributed by atoms with Crippen molar-refractivity contribution < 1.29 is 4.79 Å². The van der Waals surface area contributed by atoms with Crippen molar-refractivity contribution in [3.8, 4) is 0 Å². The van der Waals surface area contributed by atoms with Crippen LogP contribution in [0.15, 0.2) is 18.2 Å². The number of nitrogens with zero attached hydrogens (tertiary/aromatic N) is 1. The molecule has 0 aliphatic rings. The summed E-state index contributed by atoms with van der Waals surface area (Å²) in [4.78, 5) is 13.7. The minimum absolute atomic E-state index is 0.0182. The summed E-state index contributed by atoms with van der Waals surface area (Å²) in [6, 6.07) is 5.76. The third kappa shape index (κ3) is 6.36. The summed E-state index contributed by atoms with van der Waals surface area (Å²) >= 11 is 6.10. The van der Waals surface area contributed by atoms with Crippen LogP contribution >= 0.6 is 11.6 Å². The van der Waals surface area contributed by atoms with Gasteiger partial charge in [-0.3, -0.25) is 4.79 Å². The number of benzene rings is 1. The normalized spacial score (nSPS) is 11.3. The van der Waals surface area contributed by atoms with Crippen LogP contribution in [0.25, 0.3) is 0 Å². The van der Waals surface area contributed by atoms with E-state index in [1.165, 1.54) is 0 Å². The molecule has 0 saturated carbocycles. The molecule has 2 N–H and O–H groups in total. The van der Waals surface area contributed by atoms with Crippen LogP contribution in [0.5, 0.6) is 0 Å². The van der Waals surface area contributed by atoms with E-state index in [4.69, 9.17) is 11.6 Å². The Morgan fingerprint density at radius 1 is 1.33 bits per heavy atom. The molecule has 0 unspecified atom stereocenters. The maximum Gasteiger partial charge on any atom is 0.239 e. The topological polar surface area (TPSA) is 44.4 Å². The van der Waals surface area contributed by atoms with Gasteiger partial charge in [-0.2, -0.15) is 0 Å². The van der Waals surface area contributed by atoms with Crippen molar-refractivity contribution in [3.63, 3.8) is 0 Å². The van der Waals surface area contributed by atoms with Gasteiger partial charge in [0.15, 0.2) is 0 Å². The molecule has 1 aromatic rings. The van der Waals surface area contributed by atoms with Gasteiger partial charge >= 0.3 is 0 Å². The van der Waals surface area contributed by atoms with E-state index in [9.17, 15) is 4.79 Å². The fraction of sp³-hybridized carbons (Fsp3) is 0.562. The first-order valence-electron chi connectivity index (χ1n) is 7.24. The van der Waals surface area contributed by atoms with Crippen molar-refractivity contribution in [3.05, 3.63) is 28.8 Å². The molecule has 21 heavy (non-hydrogen) atoms. The monoisotopic (exact) mass is 311 g/mol. The van der Waals surface area contributed by atoms with Crippen LogP contribution in [0.2, 0.25) is 5.02 Å². The molecule has 1 aromatic carbocycles. The number of likely N-dealkylation sites (N-methyl/N-ethyl adjacent to an activating group) is 2. The summed E-state index contributed by atoms with van der Waals surface area (Å²) in [6.45, 7) is 9.96. The highest BCUT2D eigenvalue weighted by Gasteiger charge is 2.14. The van der Waals surface area contributed by atoms with Crippen molar-refractivity contribution in [1.82, 2.24) is 10.6 Å². The Morgan fingerprint density at radius 2 is 2.00 bits per heavy atom. The van der Waals surface area contributed by atoms with Crippen molar-refractivity contribution >= 4 is 23.2 Å². The number of anilines is 1. The smallest absolute Gasteiger partial charge is 0.239 e. The van der Waals surface area contributed by atoms with Crippen molar-refractivity contribution in [2.45, 2.75) is 39.8 Å². The van der Waals surface area contributed by atoms with Gasteiger partial charge in [-0.05, 0) is 51.5 Å². The highest BCUT2D eigenvalue weighted by molar-refractivity contribution is 6.30. The molecule has 0 fully saturated rings. The Balaban J connectivity index is 2.87. The lowest BCUT2D eigenvalue weighted by atomic mass is 10.1. The van der Waals surface area contributed by atoms with Gasteiger partial charge < -0.3 is 15.5 Å². The third-order valence-electron chi connectivity index (χ3n) is 3.02. The zero-order valence-electron chi connectivity index (χ0n) is 13.6. The van der Waals surface area contributed by atoms with Crippen LogP contribution in [0, 0.1) is 0 Å². The molecule has 0 atom stereocenters. The second-order valence-corrected chi connectivity index (χ2v) is 6.62. The Bertz CT molecular complexity index is 483. The number of rotatable bonds is 6. The lowest BCUT2D eigenvalue weighted by molar-refractivity contribution is -0.119. The Kier molecular flexibility index (Phi) is 6.49. The first-order chi connectivity index (χ1) is 9.73. The molecule has 1 rings (SSSR count). The lowest BCUT2D eigenvalue weighted by Crippen LogP contribution is -2.37. The number of nitrogens with one attached hydrogen (secondary N) is 2. The number of carbonyl (C=O) groups is 1. The van der Waals surface area contributed by atoms with Crippen LogP contribution in [-0.2, 0) is 11.3 Å². The number of hydrogen-bond donors (Lipinski definition) is 2. The summed E-state index contributed by atoms with van der Waals surface area (Å²) in [6.07, 6.45) is 0. The maximum absolute atomic E-state index is 11.7. The van der Waals surface area contributed by atoms with Crippen molar-refractivity contribution in [2.75, 3.05) is 25.0 Å². The molecule has 0 aromatic heterocycles. The summed E-state index contributed by atoms with van der Waals surface area (Å²) in [5, 5.41) is 6.97. The second kappa shape index (κ2) is 7.66. The van der Waals surface area contributed by atoms with Gasteiger partial charge in [-0.15, -0.1) is 0 Å². The number of carbonyl (C=O) groups excluding carboxylic acids is 1. The van der Waals surface area contributed by atoms with E-state index >= 15 is 0 Å². The molecule has 0 heterocycles. The van der Waals surface area contributed by atoms with E-state index in [1.54, 1.807) is 0 Å². The lowest BCUT2D eigenvalue weighted by Gasteiger charge is -2.25. The molecule has 0 aliphatic carbocycles. The summed E-state index contributed by atoms with van der Waals surface area (Å²) in [5.41, 5.74) is 2.13. The van der Waals surface area contributed by atoms with Gasteiger partial charge in [0.25, 0.3) is 0 Å². The molecule has 0 aliphatic heterocycles. The molecule has 4 nitrogen and oxygen atoms in total. The summed E-state index contributed by atoms with van der Waals surface area (Å²) < 4.78 is 0. The van der Waals surface area contributed by atoms with Crippen LogP contribution < -0.4 is 15.5 Å². The van der Waals surface area contributed by atoms with E-state index in [1.807, 2.05) is 37.1 Å². The quantitative estimate of drug-likeness (QED) is 0.849. The van der Waals surface area contributed by atoms with Gasteiger partial charge in [0.05, 0.1) is 6.54 Å². The zero-order chi connectivity index (χ0) is 16.0. The van der Waals surface area contributed by atoms with Gasteiger partial charge in [0.2, 0.25) is 5.91 Å². The van der Waals surface area contributed by atoms with E-state index in [2.05, 4.69) is 31.4 Å². The Hall–Kier alpha value is -1.26. The number of halogens is 1. The fourth-order valence-corrected chi connectivity index (χ4v) is 2.18. The van der Waals surface area contributed by atoms with E-state index < -0.39 is 0 Å². The fourth-order valence-electron chi connectivity index (χ4n) is 1.98. The molecule has 1 amide bonds. The number of hydrogen-bond acceptors (Lipinski definition) is 3. The summed E-state index contributed by atoms with van der Waals surface area (Å²) in [5.74, 6) is 0.0182. The van der Waals surface area contributed by atoms with E-state index in [0.29, 0.717) is 24.7 Å². The Morgan fingerprint density at radius 3 is 2.57 bits per heavy atom. The van der Waals surface area contributed by atoms with Gasteiger partial charge in [0, 0.05) is 36.4 Å². The van der Waals surface area contributed by atoms with Crippen molar-refractivity contribution in [2.24, 2.45) is 0 Å². The minimum Gasteiger partial charge on any atom is -0.365 e. The molecule has 0 saturated heterocycles. The van der Waals surface area contributed by atoms with Crippen LogP contribution in [0.1, 0.15) is 33.3 Å². The predicted molar refractivity (Wildman–Crippen MR) is 90.0 cm³/mol. The zero-order valence-corrected chi connectivity index (χ0v) is 14.3. The predicted octanol–water partition coefficient (Wildman–Crippen LogP) is 2.80. The van der Waals surface area contributed by atoms with E-state index in [-0.39, 0.29) is 11.4 Å². The minimum atomic E-state index is 0.0182. The second-order valence-electron chi connectivity index (χ2n) is 6.19. The Labute approximate surface area is 132 Å². The highest BCUT2D eigenvalue weighted by atomic mass is 35.5. The average molecular weight is 312 g/mol. The van der Waals surface area contributed by atoms with Gasteiger partial charge in [-0.25, -0.2) is 0 Å². The van der Waals surface area contributed by atoms with Crippen LogP contribution in [0.4, 0.5) is 5.69 Å². The average Bonchev–Trinajstić information content (AvgIpc) is 2.35. The first-order valence-corrected chi connectivity index (χ1v) is 7.62. The molecule has 0 bridgehead atoms. The summed E-state index contributed by atoms with van der Waals surface area (Å²) in [7, 11) is 1.92. The third-order valence-corrected chi connectivity index (χ3v) is 3.25.